The zero-order valence-electron chi connectivity index (χ0n) is 13.8. The molecule has 0 radical (unpaired) electrons. The number of hydrogen-bond donors (Lipinski definition) is 0. The first-order chi connectivity index (χ1) is 10.6. The fourth-order valence-corrected chi connectivity index (χ4v) is 3.70. The Morgan fingerprint density at radius 1 is 1.27 bits per heavy atom. The van der Waals surface area contributed by atoms with Crippen molar-refractivity contribution >= 4 is 0 Å². The van der Waals surface area contributed by atoms with Gasteiger partial charge in [-0.25, -0.2) is 0 Å². The van der Waals surface area contributed by atoms with E-state index in [9.17, 15) is 0 Å². The zero-order valence-corrected chi connectivity index (χ0v) is 13.8. The summed E-state index contributed by atoms with van der Waals surface area (Å²) in [6.07, 6.45) is 7.25. The Hall–Kier alpha value is -1.65. The summed E-state index contributed by atoms with van der Waals surface area (Å²) in [4.78, 5) is 9.22. The van der Waals surface area contributed by atoms with Gasteiger partial charge >= 0.3 is 0 Å². The molecule has 3 heterocycles. The molecule has 1 aliphatic heterocycles. The molecule has 0 bridgehead atoms. The van der Waals surface area contributed by atoms with Crippen LogP contribution in [0, 0.1) is 5.92 Å². The molecule has 3 rings (SSSR count). The molecule has 0 saturated carbocycles. The minimum absolute atomic E-state index is 0.490. The molecule has 4 heteroatoms. The maximum atomic E-state index is 4.31. The molecule has 2 aromatic rings. The largest absolute Gasteiger partial charge is 0.353 e. The van der Waals surface area contributed by atoms with Crippen LogP contribution in [0.3, 0.4) is 0 Å². The molecule has 4 nitrogen and oxygen atoms in total. The van der Waals surface area contributed by atoms with Crippen molar-refractivity contribution in [2.45, 2.75) is 19.0 Å². The molecule has 0 spiro atoms. The molecule has 0 unspecified atom stereocenters. The Labute approximate surface area is 133 Å². The molecular weight excluding hydrogens is 272 g/mol. The lowest BCUT2D eigenvalue weighted by Crippen LogP contribution is -2.30. The van der Waals surface area contributed by atoms with Gasteiger partial charge in [-0.3, -0.25) is 9.88 Å². The number of aryl methyl sites for hydroxylation is 1. The Morgan fingerprint density at radius 3 is 2.82 bits per heavy atom. The predicted molar refractivity (Wildman–Crippen MR) is 89.5 cm³/mol. The van der Waals surface area contributed by atoms with E-state index < -0.39 is 0 Å². The summed E-state index contributed by atoms with van der Waals surface area (Å²) < 4.78 is 2.20. The summed E-state index contributed by atoms with van der Waals surface area (Å²) in [5.74, 6) is 0.666. The second-order valence-electron chi connectivity index (χ2n) is 6.57. The molecule has 1 fully saturated rings. The minimum atomic E-state index is 0.490. The molecule has 2 atom stereocenters. The van der Waals surface area contributed by atoms with Crippen LogP contribution in [-0.4, -0.2) is 46.5 Å². The Bertz CT molecular complexity index is 592. The number of hydrogen-bond acceptors (Lipinski definition) is 3. The first kappa shape index (κ1) is 15.3. The molecule has 0 aliphatic carbocycles. The highest BCUT2D eigenvalue weighted by Crippen LogP contribution is 2.36. The molecule has 22 heavy (non-hydrogen) atoms. The Morgan fingerprint density at radius 2 is 2.14 bits per heavy atom. The van der Waals surface area contributed by atoms with Crippen molar-refractivity contribution in [3.05, 3.63) is 54.1 Å². The quantitative estimate of drug-likeness (QED) is 0.848. The summed E-state index contributed by atoms with van der Waals surface area (Å²) in [6.45, 7) is 3.29. The second-order valence-corrected chi connectivity index (χ2v) is 6.57. The van der Waals surface area contributed by atoms with Crippen molar-refractivity contribution in [1.29, 1.82) is 0 Å². The number of pyridine rings is 1. The fraction of sp³-hybridized carbons (Fsp3) is 0.500. The van der Waals surface area contributed by atoms with Crippen molar-refractivity contribution in [2.24, 2.45) is 13.0 Å². The van der Waals surface area contributed by atoms with Crippen molar-refractivity contribution in [3.8, 4) is 0 Å². The van der Waals surface area contributed by atoms with E-state index in [1.54, 1.807) is 0 Å². The molecule has 0 aromatic carbocycles. The second kappa shape index (κ2) is 6.63. The van der Waals surface area contributed by atoms with Crippen molar-refractivity contribution in [3.63, 3.8) is 0 Å². The van der Waals surface area contributed by atoms with Gasteiger partial charge in [0.05, 0.1) is 0 Å². The van der Waals surface area contributed by atoms with Gasteiger partial charge in [-0.05, 0) is 56.7 Å². The summed E-state index contributed by atoms with van der Waals surface area (Å²) in [5, 5.41) is 0. The van der Waals surface area contributed by atoms with Gasteiger partial charge in [0, 0.05) is 50.5 Å². The van der Waals surface area contributed by atoms with Gasteiger partial charge in [0.2, 0.25) is 0 Å². The summed E-state index contributed by atoms with van der Waals surface area (Å²) in [5.41, 5.74) is 2.71. The highest BCUT2D eigenvalue weighted by molar-refractivity contribution is 5.17. The van der Waals surface area contributed by atoms with E-state index in [-0.39, 0.29) is 0 Å². The molecular formula is C18H26N4. The lowest BCUT2D eigenvalue weighted by atomic mass is 9.94. The average molecular weight is 298 g/mol. The average Bonchev–Trinajstić information content (AvgIpc) is 3.07. The standard InChI is InChI=1S/C18H26N4/c1-20(14-17-7-5-10-21(17)2)13-16-8-11-22(3)18(16)15-6-4-9-19-12-15/h4-7,9-10,12,16,18H,8,11,13-14H2,1-3H3/t16-,18-/m0/s1. The number of rotatable bonds is 5. The maximum absolute atomic E-state index is 4.31. The van der Waals surface area contributed by atoms with Gasteiger partial charge in [-0.1, -0.05) is 6.07 Å². The van der Waals surface area contributed by atoms with Crippen LogP contribution in [-0.2, 0) is 13.6 Å². The van der Waals surface area contributed by atoms with E-state index in [1.807, 2.05) is 18.5 Å². The highest BCUT2D eigenvalue weighted by Gasteiger charge is 2.33. The van der Waals surface area contributed by atoms with Gasteiger partial charge in [0.25, 0.3) is 0 Å². The first-order valence-corrected chi connectivity index (χ1v) is 8.04. The fourth-order valence-electron chi connectivity index (χ4n) is 3.70. The van der Waals surface area contributed by atoms with Crippen molar-refractivity contribution in [1.82, 2.24) is 19.4 Å². The smallest absolute Gasteiger partial charge is 0.0401 e. The molecule has 2 aromatic heterocycles. The molecule has 118 valence electrons. The number of nitrogens with zero attached hydrogens (tertiary/aromatic N) is 4. The normalized spacial score (nSPS) is 22.5. The minimum Gasteiger partial charge on any atom is -0.353 e. The van der Waals surface area contributed by atoms with Gasteiger partial charge in [-0.2, -0.15) is 0 Å². The van der Waals surface area contributed by atoms with E-state index in [0.717, 1.165) is 13.1 Å². The molecule has 1 aliphatic rings. The van der Waals surface area contributed by atoms with E-state index in [4.69, 9.17) is 0 Å². The number of aromatic nitrogens is 2. The van der Waals surface area contributed by atoms with Crippen LogP contribution >= 0.6 is 0 Å². The van der Waals surface area contributed by atoms with Crippen LogP contribution in [0.25, 0.3) is 0 Å². The van der Waals surface area contributed by atoms with E-state index in [0.29, 0.717) is 12.0 Å². The molecule has 0 N–H and O–H groups in total. The van der Waals surface area contributed by atoms with Crippen LogP contribution in [0.4, 0.5) is 0 Å². The topological polar surface area (TPSA) is 24.3 Å². The zero-order chi connectivity index (χ0) is 15.5. The van der Waals surface area contributed by atoms with Gasteiger partial charge < -0.3 is 9.47 Å². The first-order valence-electron chi connectivity index (χ1n) is 8.04. The summed E-state index contributed by atoms with van der Waals surface area (Å²) in [6, 6.07) is 9.07. The van der Waals surface area contributed by atoms with Gasteiger partial charge in [-0.15, -0.1) is 0 Å². The highest BCUT2D eigenvalue weighted by atomic mass is 15.2. The van der Waals surface area contributed by atoms with Crippen LogP contribution in [0.1, 0.15) is 23.7 Å². The SMILES string of the molecule is CN(Cc1cccn1C)C[C@@H]1CCN(C)[C@H]1c1cccnc1. The van der Waals surface area contributed by atoms with Crippen LogP contribution < -0.4 is 0 Å². The molecule has 0 amide bonds. The lowest BCUT2D eigenvalue weighted by Gasteiger charge is -2.28. The third-order valence-corrected chi connectivity index (χ3v) is 4.83. The summed E-state index contributed by atoms with van der Waals surface area (Å²) >= 11 is 0. The Kier molecular flexibility index (Phi) is 4.60. The van der Waals surface area contributed by atoms with Crippen LogP contribution in [0.2, 0.25) is 0 Å². The predicted octanol–water partition coefficient (Wildman–Crippen LogP) is 2.54. The third kappa shape index (κ3) is 3.23. The van der Waals surface area contributed by atoms with Gasteiger partial charge in [0.1, 0.15) is 0 Å². The van der Waals surface area contributed by atoms with Crippen LogP contribution in [0.15, 0.2) is 42.9 Å². The monoisotopic (exact) mass is 298 g/mol. The lowest BCUT2D eigenvalue weighted by molar-refractivity contribution is 0.211. The van der Waals surface area contributed by atoms with E-state index >= 15 is 0 Å². The van der Waals surface area contributed by atoms with E-state index in [1.165, 1.54) is 24.2 Å². The molecule has 1 saturated heterocycles. The summed E-state index contributed by atoms with van der Waals surface area (Å²) in [7, 11) is 6.57. The third-order valence-electron chi connectivity index (χ3n) is 4.83. The van der Waals surface area contributed by atoms with Crippen LogP contribution in [0.5, 0.6) is 0 Å². The van der Waals surface area contributed by atoms with Crippen molar-refractivity contribution < 1.29 is 0 Å². The van der Waals surface area contributed by atoms with Crippen molar-refractivity contribution in [2.75, 3.05) is 27.2 Å². The van der Waals surface area contributed by atoms with Gasteiger partial charge in [0.15, 0.2) is 0 Å². The maximum Gasteiger partial charge on any atom is 0.0401 e. The Balaban J connectivity index is 1.67. The number of likely N-dealkylation sites (tertiary alicyclic amines) is 1. The van der Waals surface area contributed by atoms with E-state index in [2.05, 4.69) is 64.9 Å².